The normalized spacial score (nSPS) is 18.6. The molecule has 1 unspecified atom stereocenters. The molecule has 1 aromatic rings. The summed E-state index contributed by atoms with van der Waals surface area (Å²) in [6, 6.07) is 9.43. The number of nitrogens with one attached hydrogen (secondary N) is 2. The zero-order valence-corrected chi connectivity index (χ0v) is 16.4. The Morgan fingerprint density at radius 1 is 1.32 bits per heavy atom. The average Bonchev–Trinajstić information content (AvgIpc) is 2.96. The fourth-order valence-corrected chi connectivity index (χ4v) is 2.59. The van der Waals surface area contributed by atoms with Crippen LogP contribution < -0.4 is 15.4 Å². The Morgan fingerprint density at radius 2 is 2.04 bits per heavy atom. The lowest BCUT2D eigenvalue weighted by molar-refractivity contribution is -0.143. The predicted octanol–water partition coefficient (Wildman–Crippen LogP) is 2.49. The molecule has 0 aromatic heterocycles. The molecule has 1 aromatic carbocycles. The van der Waals surface area contributed by atoms with E-state index in [9.17, 15) is 13.2 Å². The molecule has 2 rings (SSSR count). The van der Waals surface area contributed by atoms with Gasteiger partial charge >= 0.3 is 6.18 Å². The van der Waals surface area contributed by atoms with Crippen molar-refractivity contribution in [1.82, 2.24) is 15.5 Å². The summed E-state index contributed by atoms with van der Waals surface area (Å²) in [6.07, 6.45) is -3.49. The number of benzene rings is 1. The van der Waals surface area contributed by atoms with Gasteiger partial charge in [0, 0.05) is 26.2 Å². The first-order chi connectivity index (χ1) is 11.5. The number of rotatable bonds is 6. The highest BCUT2D eigenvalue weighted by Crippen LogP contribution is 2.19. The number of aliphatic imine (C=N–C) groups is 1. The number of guanidine groups is 1. The minimum atomic E-state index is -4.15. The van der Waals surface area contributed by atoms with E-state index in [2.05, 4.69) is 15.6 Å². The van der Waals surface area contributed by atoms with E-state index in [1.807, 2.05) is 30.3 Å². The molecule has 1 heterocycles. The SMILES string of the molecule is CN=C(NCCOc1ccccc1)NC1CCN(CC(F)(F)F)C1.I. The number of para-hydroxylation sites is 1. The summed E-state index contributed by atoms with van der Waals surface area (Å²) < 4.78 is 42.8. The Bertz CT molecular complexity index is 528. The number of alkyl halides is 3. The fraction of sp³-hybridized carbons (Fsp3) is 0.562. The number of hydrogen-bond donors (Lipinski definition) is 2. The van der Waals surface area contributed by atoms with Gasteiger partial charge in [-0.25, -0.2) is 0 Å². The van der Waals surface area contributed by atoms with Gasteiger partial charge in [-0.15, -0.1) is 24.0 Å². The average molecular weight is 472 g/mol. The van der Waals surface area contributed by atoms with Crippen LogP contribution in [0.1, 0.15) is 6.42 Å². The number of likely N-dealkylation sites (tertiary alicyclic amines) is 1. The monoisotopic (exact) mass is 472 g/mol. The van der Waals surface area contributed by atoms with Crippen LogP contribution in [0.3, 0.4) is 0 Å². The van der Waals surface area contributed by atoms with Crippen LogP contribution in [-0.4, -0.2) is 62.9 Å². The minimum Gasteiger partial charge on any atom is -0.492 e. The summed E-state index contributed by atoms with van der Waals surface area (Å²) in [5, 5.41) is 6.26. The fourth-order valence-electron chi connectivity index (χ4n) is 2.59. The van der Waals surface area contributed by atoms with Crippen LogP contribution in [0.15, 0.2) is 35.3 Å². The van der Waals surface area contributed by atoms with Crippen molar-refractivity contribution in [2.45, 2.75) is 18.6 Å². The highest BCUT2D eigenvalue weighted by atomic mass is 127. The van der Waals surface area contributed by atoms with Crippen molar-refractivity contribution in [3.8, 4) is 5.75 Å². The highest BCUT2D eigenvalue weighted by Gasteiger charge is 2.34. The molecule has 2 N–H and O–H groups in total. The molecule has 0 amide bonds. The summed E-state index contributed by atoms with van der Waals surface area (Å²) in [4.78, 5) is 5.50. The lowest BCUT2D eigenvalue weighted by atomic mass is 10.3. The molecule has 142 valence electrons. The molecule has 0 aliphatic carbocycles. The third kappa shape index (κ3) is 8.61. The van der Waals surface area contributed by atoms with Gasteiger partial charge in [-0.3, -0.25) is 9.89 Å². The molecule has 1 aliphatic heterocycles. The first-order valence-corrected chi connectivity index (χ1v) is 7.90. The maximum atomic E-state index is 12.4. The highest BCUT2D eigenvalue weighted by molar-refractivity contribution is 14.0. The van der Waals surface area contributed by atoms with E-state index >= 15 is 0 Å². The lowest BCUT2D eigenvalue weighted by Crippen LogP contribution is -2.46. The van der Waals surface area contributed by atoms with E-state index in [4.69, 9.17) is 4.74 Å². The van der Waals surface area contributed by atoms with Crippen molar-refractivity contribution in [2.75, 3.05) is 39.8 Å². The van der Waals surface area contributed by atoms with E-state index in [0.29, 0.717) is 38.6 Å². The maximum absolute atomic E-state index is 12.4. The Kier molecular flexibility index (Phi) is 9.33. The summed E-state index contributed by atoms with van der Waals surface area (Å²) in [5.74, 6) is 1.37. The molecule has 1 fully saturated rings. The Balaban J connectivity index is 0.00000312. The molecular weight excluding hydrogens is 448 g/mol. The number of ether oxygens (including phenoxy) is 1. The number of hydrogen-bond acceptors (Lipinski definition) is 3. The Morgan fingerprint density at radius 3 is 2.68 bits per heavy atom. The molecule has 0 spiro atoms. The van der Waals surface area contributed by atoms with Gasteiger partial charge in [0.1, 0.15) is 12.4 Å². The zero-order chi connectivity index (χ0) is 17.4. The first-order valence-electron chi connectivity index (χ1n) is 7.90. The Labute approximate surface area is 163 Å². The van der Waals surface area contributed by atoms with Crippen molar-refractivity contribution in [3.63, 3.8) is 0 Å². The van der Waals surface area contributed by atoms with Crippen LogP contribution in [0, 0.1) is 0 Å². The van der Waals surface area contributed by atoms with Gasteiger partial charge in [-0.2, -0.15) is 13.2 Å². The van der Waals surface area contributed by atoms with E-state index < -0.39 is 12.7 Å². The molecule has 5 nitrogen and oxygen atoms in total. The summed E-state index contributed by atoms with van der Waals surface area (Å²) >= 11 is 0. The van der Waals surface area contributed by atoms with Crippen molar-refractivity contribution in [2.24, 2.45) is 4.99 Å². The van der Waals surface area contributed by atoms with Gasteiger partial charge in [-0.1, -0.05) is 18.2 Å². The second kappa shape index (κ2) is 10.7. The van der Waals surface area contributed by atoms with Crippen LogP contribution in [0.2, 0.25) is 0 Å². The summed E-state index contributed by atoms with van der Waals surface area (Å²) in [7, 11) is 1.63. The zero-order valence-electron chi connectivity index (χ0n) is 14.1. The number of nitrogens with zero attached hydrogens (tertiary/aromatic N) is 2. The summed E-state index contributed by atoms with van der Waals surface area (Å²) in [6.45, 7) is 0.956. The quantitative estimate of drug-likeness (QED) is 0.289. The van der Waals surface area contributed by atoms with Gasteiger partial charge in [0.25, 0.3) is 0 Å². The topological polar surface area (TPSA) is 48.9 Å². The van der Waals surface area contributed by atoms with Crippen LogP contribution in [0.5, 0.6) is 5.75 Å². The van der Waals surface area contributed by atoms with Gasteiger partial charge in [0.05, 0.1) is 13.1 Å². The second-order valence-electron chi connectivity index (χ2n) is 5.64. The van der Waals surface area contributed by atoms with E-state index in [1.165, 1.54) is 4.90 Å². The predicted molar refractivity (Wildman–Crippen MR) is 103 cm³/mol. The summed E-state index contributed by atoms with van der Waals surface area (Å²) in [5.41, 5.74) is 0. The van der Waals surface area contributed by atoms with E-state index in [-0.39, 0.29) is 30.0 Å². The van der Waals surface area contributed by atoms with E-state index in [1.54, 1.807) is 7.05 Å². The lowest BCUT2D eigenvalue weighted by Gasteiger charge is -2.19. The van der Waals surface area contributed by atoms with Gasteiger partial charge in [0.2, 0.25) is 0 Å². The third-order valence-corrected chi connectivity index (χ3v) is 3.65. The molecule has 0 saturated carbocycles. The largest absolute Gasteiger partial charge is 0.492 e. The molecule has 1 aliphatic rings. The molecule has 25 heavy (non-hydrogen) atoms. The molecule has 1 saturated heterocycles. The molecular formula is C16H24F3IN4O. The smallest absolute Gasteiger partial charge is 0.401 e. The van der Waals surface area contributed by atoms with Crippen molar-refractivity contribution in [3.05, 3.63) is 30.3 Å². The minimum absolute atomic E-state index is 0. The second-order valence-corrected chi connectivity index (χ2v) is 5.64. The third-order valence-electron chi connectivity index (χ3n) is 3.65. The van der Waals surface area contributed by atoms with Crippen molar-refractivity contribution in [1.29, 1.82) is 0 Å². The van der Waals surface area contributed by atoms with Crippen LogP contribution in [0.4, 0.5) is 13.2 Å². The molecule has 0 bridgehead atoms. The van der Waals surface area contributed by atoms with E-state index in [0.717, 1.165) is 5.75 Å². The van der Waals surface area contributed by atoms with Gasteiger partial charge in [-0.05, 0) is 18.6 Å². The van der Waals surface area contributed by atoms with Crippen LogP contribution in [-0.2, 0) is 0 Å². The van der Waals surface area contributed by atoms with Gasteiger partial charge in [0.15, 0.2) is 5.96 Å². The molecule has 0 radical (unpaired) electrons. The van der Waals surface area contributed by atoms with Crippen LogP contribution >= 0.6 is 24.0 Å². The van der Waals surface area contributed by atoms with Gasteiger partial charge < -0.3 is 15.4 Å². The van der Waals surface area contributed by atoms with Crippen molar-refractivity contribution < 1.29 is 17.9 Å². The van der Waals surface area contributed by atoms with Crippen molar-refractivity contribution >= 4 is 29.9 Å². The number of halogens is 4. The first kappa shape index (κ1) is 21.8. The molecule has 9 heteroatoms. The maximum Gasteiger partial charge on any atom is 0.401 e. The Hall–Kier alpha value is -1.23. The van der Waals surface area contributed by atoms with Crippen LogP contribution in [0.25, 0.3) is 0 Å². The molecule has 1 atom stereocenters. The standard InChI is InChI=1S/C16H23F3N4O.HI/c1-20-15(21-8-10-24-14-5-3-2-4-6-14)22-13-7-9-23(11-13)12-16(17,18)19;/h2-6,13H,7-12H2,1H3,(H2,20,21,22);1H.